The summed E-state index contributed by atoms with van der Waals surface area (Å²) in [6.45, 7) is 5.96. The third-order valence-electron chi connectivity index (χ3n) is 5.28. The SMILES string of the molecule is CN=C(NCc1ccc(CN2CCOCC2)cc1)NCc1ccc(C(=O)N(C)C)cc1.I. The summed E-state index contributed by atoms with van der Waals surface area (Å²) in [6.07, 6.45) is 0. The lowest BCUT2D eigenvalue weighted by Crippen LogP contribution is -2.36. The van der Waals surface area contributed by atoms with Crippen molar-refractivity contribution < 1.29 is 9.53 Å². The lowest BCUT2D eigenvalue weighted by atomic mass is 10.1. The highest BCUT2D eigenvalue weighted by Crippen LogP contribution is 2.09. The van der Waals surface area contributed by atoms with E-state index >= 15 is 0 Å². The van der Waals surface area contributed by atoms with Crippen LogP contribution in [0.1, 0.15) is 27.0 Å². The molecule has 2 N–H and O–H groups in total. The van der Waals surface area contributed by atoms with Crippen molar-refractivity contribution in [2.45, 2.75) is 19.6 Å². The Bertz CT molecular complexity index is 863. The van der Waals surface area contributed by atoms with Gasteiger partial charge in [0.15, 0.2) is 5.96 Å². The minimum atomic E-state index is 0. The average molecular weight is 551 g/mol. The Kier molecular flexibility index (Phi) is 10.9. The third-order valence-corrected chi connectivity index (χ3v) is 5.28. The van der Waals surface area contributed by atoms with Crippen molar-refractivity contribution in [3.63, 3.8) is 0 Å². The Morgan fingerprint density at radius 2 is 1.44 bits per heavy atom. The Balaban J connectivity index is 0.00000363. The summed E-state index contributed by atoms with van der Waals surface area (Å²) >= 11 is 0. The molecular weight excluding hydrogens is 517 g/mol. The zero-order chi connectivity index (χ0) is 22.1. The fourth-order valence-electron chi connectivity index (χ4n) is 3.40. The van der Waals surface area contributed by atoms with Gasteiger partial charge in [0.1, 0.15) is 0 Å². The Morgan fingerprint density at radius 1 is 0.938 bits per heavy atom. The van der Waals surface area contributed by atoms with Gasteiger partial charge in [-0.2, -0.15) is 0 Å². The number of nitrogens with zero attached hydrogens (tertiary/aromatic N) is 3. The van der Waals surface area contributed by atoms with E-state index in [4.69, 9.17) is 4.74 Å². The topological polar surface area (TPSA) is 69.2 Å². The molecule has 2 aromatic rings. The molecule has 0 aliphatic carbocycles. The minimum absolute atomic E-state index is 0. The van der Waals surface area contributed by atoms with Gasteiger partial charge in [0, 0.05) is 59.4 Å². The summed E-state index contributed by atoms with van der Waals surface area (Å²) in [5.41, 5.74) is 4.31. The monoisotopic (exact) mass is 551 g/mol. The normalized spacial score (nSPS) is 14.4. The third kappa shape index (κ3) is 8.07. The number of benzene rings is 2. The fourth-order valence-corrected chi connectivity index (χ4v) is 3.40. The molecule has 2 aromatic carbocycles. The van der Waals surface area contributed by atoms with Crippen LogP contribution in [0.4, 0.5) is 0 Å². The van der Waals surface area contributed by atoms with Gasteiger partial charge in [0.25, 0.3) is 5.91 Å². The number of halogens is 1. The van der Waals surface area contributed by atoms with Gasteiger partial charge in [-0.3, -0.25) is 14.7 Å². The molecule has 0 radical (unpaired) electrons. The maximum Gasteiger partial charge on any atom is 0.253 e. The summed E-state index contributed by atoms with van der Waals surface area (Å²) in [4.78, 5) is 20.3. The highest BCUT2D eigenvalue weighted by atomic mass is 127. The minimum Gasteiger partial charge on any atom is -0.379 e. The quantitative estimate of drug-likeness (QED) is 0.315. The molecule has 8 heteroatoms. The van der Waals surface area contributed by atoms with Crippen LogP contribution in [0.15, 0.2) is 53.5 Å². The number of amides is 1. The van der Waals surface area contributed by atoms with Crippen molar-refractivity contribution in [3.05, 3.63) is 70.8 Å². The number of nitrogens with one attached hydrogen (secondary N) is 2. The van der Waals surface area contributed by atoms with Gasteiger partial charge >= 0.3 is 0 Å². The van der Waals surface area contributed by atoms with E-state index in [2.05, 4.69) is 44.8 Å². The van der Waals surface area contributed by atoms with Crippen LogP contribution in [0.5, 0.6) is 0 Å². The molecule has 1 heterocycles. The molecule has 1 saturated heterocycles. The fraction of sp³-hybridized carbons (Fsp3) is 0.417. The molecule has 0 aromatic heterocycles. The van der Waals surface area contributed by atoms with E-state index in [0.717, 1.165) is 44.4 Å². The van der Waals surface area contributed by atoms with Crippen molar-refractivity contribution in [1.82, 2.24) is 20.4 Å². The second kappa shape index (κ2) is 13.4. The van der Waals surface area contributed by atoms with Crippen molar-refractivity contribution in [2.75, 3.05) is 47.4 Å². The molecule has 3 rings (SSSR count). The number of carbonyl (C=O) groups is 1. The van der Waals surface area contributed by atoms with Gasteiger partial charge in [-0.15, -0.1) is 24.0 Å². The van der Waals surface area contributed by atoms with Gasteiger partial charge in [-0.1, -0.05) is 36.4 Å². The number of hydrogen-bond acceptors (Lipinski definition) is 4. The molecule has 1 amide bonds. The number of hydrogen-bond donors (Lipinski definition) is 2. The van der Waals surface area contributed by atoms with Crippen LogP contribution in [0.3, 0.4) is 0 Å². The van der Waals surface area contributed by atoms with Gasteiger partial charge in [-0.05, 0) is 28.8 Å². The van der Waals surface area contributed by atoms with E-state index in [1.54, 1.807) is 26.0 Å². The maximum atomic E-state index is 12.0. The van der Waals surface area contributed by atoms with E-state index in [1.165, 1.54) is 11.1 Å². The first-order chi connectivity index (χ1) is 15.0. The van der Waals surface area contributed by atoms with E-state index in [9.17, 15) is 4.79 Å². The van der Waals surface area contributed by atoms with E-state index in [1.807, 2.05) is 24.3 Å². The van der Waals surface area contributed by atoms with E-state index in [-0.39, 0.29) is 29.9 Å². The van der Waals surface area contributed by atoms with Crippen LogP contribution in [-0.4, -0.2) is 69.1 Å². The van der Waals surface area contributed by atoms with Crippen molar-refractivity contribution in [1.29, 1.82) is 0 Å². The number of guanidine groups is 1. The van der Waals surface area contributed by atoms with Gasteiger partial charge in [0.2, 0.25) is 0 Å². The first kappa shape index (κ1) is 26.1. The van der Waals surface area contributed by atoms with Crippen LogP contribution >= 0.6 is 24.0 Å². The molecular formula is C24H34IN5O2. The highest BCUT2D eigenvalue weighted by molar-refractivity contribution is 14.0. The molecule has 0 saturated carbocycles. The van der Waals surface area contributed by atoms with Crippen LogP contribution < -0.4 is 10.6 Å². The predicted octanol–water partition coefficient (Wildman–Crippen LogP) is 2.70. The molecule has 0 unspecified atom stereocenters. The Morgan fingerprint density at radius 3 is 1.94 bits per heavy atom. The predicted molar refractivity (Wildman–Crippen MR) is 139 cm³/mol. The molecule has 1 aliphatic rings. The number of ether oxygens (including phenoxy) is 1. The van der Waals surface area contributed by atoms with Crippen LogP contribution in [0.2, 0.25) is 0 Å². The molecule has 0 atom stereocenters. The van der Waals surface area contributed by atoms with Gasteiger partial charge < -0.3 is 20.3 Å². The second-order valence-electron chi connectivity index (χ2n) is 7.88. The molecule has 1 fully saturated rings. The summed E-state index contributed by atoms with van der Waals surface area (Å²) in [6, 6.07) is 16.3. The van der Waals surface area contributed by atoms with Crippen molar-refractivity contribution >= 4 is 35.8 Å². The standard InChI is InChI=1S/C24H33N5O2.HI/c1-25-24(27-17-20-8-10-22(11-9-20)23(30)28(2)3)26-16-19-4-6-21(7-5-19)18-29-12-14-31-15-13-29;/h4-11H,12-18H2,1-3H3,(H2,25,26,27);1H. The van der Waals surface area contributed by atoms with E-state index < -0.39 is 0 Å². The van der Waals surface area contributed by atoms with Gasteiger partial charge in [0.05, 0.1) is 13.2 Å². The summed E-state index contributed by atoms with van der Waals surface area (Å²) in [5.74, 6) is 0.749. The molecule has 174 valence electrons. The zero-order valence-corrected chi connectivity index (χ0v) is 21.5. The van der Waals surface area contributed by atoms with Gasteiger partial charge in [-0.25, -0.2) is 0 Å². The smallest absolute Gasteiger partial charge is 0.253 e. The molecule has 7 nitrogen and oxygen atoms in total. The summed E-state index contributed by atoms with van der Waals surface area (Å²) < 4.78 is 5.41. The lowest BCUT2D eigenvalue weighted by molar-refractivity contribution is 0.0342. The van der Waals surface area contributed by atoms with Crippen molar-refractivity contribution in [2.24, 2.45) is 4.99 Å². The van der Waals surface area contributed by atoms with Crippen molar-refractivity contribution in [3.8, 4) is 0 Å². The largest absolute Gasteiger partial charge is 0.379 e. The number of aliphatic imine (C=N–C) groups is 1. The average Bonchev–Trinajstić information content (AvgIpc) is 2.80. The van der Waals surface area contributed by atoms with Crippen LogP contribution in [0.25, 0.3) is 0 Å². The molecule has 0 bridgehead atoms. The number of morpholine rings is 1. The zero-order valence-electron chi connectivity index (χ0n) is 19.1. The molecule has 0 spiro atoms. The first-order valence-electron chi connectivity index (χ1n) is 10.7. The van der Waals surface area contributed by atoms with E-state index in [0.29, 0.717) is 18.7 Å². The number of carbonyl (C=O) groups excluding carboxylic acids is 1. The number of rotatable bonds is 7. The second-order valence-corrected chi connectivity index (χ2v) is 7.88. The molecule has 32 heavy (non-hydrogen) atoms. The lowest BCUT2D eigenvalue weighted by Gasteiger charge is -2.26. The molecule has 1 aliphatic heterocycles. The summed E-state index contributed by atoms with van der Waals surface area (Å²) in [5, 5.41) is 6.67. The maximum absolute atomic E-state index is 12.0. The van der Waals surface area contributed by atoms with Crippen LogP contribution in [-0.2, 0) is 24.4 Å². The summed E-state index contributed by atoms with van der Waals surface area (Å²) in [7, 11) is 5.27. The first-order valence-corrected chi connectivity index (χ1v) is 10.7. The Labute approximate surface area is 208 Å². The van der Waals surface area contributed by atoms with Crippen LogP contribution in [0, 0.1) is 0 Å². The highest BCUT2D eigenvalue weighted by Gasteiger charge is 2.10. The Hall–Kier alpha value is -2.17.